The molecule has 0 saturated heterocycles. The van der Waals surface area contributed by atoms with Crippen LogP contribution in [-0.2, 0) is 10.3 Å². The summed E-state index contributed by atoms with van der Waals surface area (Å²) in [4.78, 5) is 1.08. The third-order valence-corrected chi connectivity index (χ3v) is 4.28. The molecule has 0 aliphatic rings. The summed E-state index contributed by atoms with van der Waals surface area (Å²) < 4.78 is 5.05. The van der Waals surface area contributed by atoms with Gasteiger partial charge in [-0.2, -0.15) is 0 Å². The van der Waals surface area contributed by atoms with E-state index in [1.165, 1.54) is 5.56 Å². The number of aliphatic hydroxyl groups is 1. The molecule has 2 nitrogen and oxygen atoms in total. The van der Waals surface area contributed by atoms with Gasteiger partial charge in [0.25, 0.3) is 0 Å². The van der Waals surface area contributed by atoms with E-state index >= 15 is 0 Å². The van der Waals surface area contributed by atoms with Crippen LogP contribution in [0, 0.1) is 12.8 Å². The fourth-order valence-corrected chi connectivity index (χ4v) is 2.79. The standard InChI is InChI=1S/C12H20O2S/c1-9-6-8-15-11(9)12(3,13)10(2)5-7-14-4/h6,8,10,13H,5,7H2,1-4H3. The molecule has 1 aromatic rings. The first-order chi connectivity index (χ1) is 7.00. The normalized spacial score (nSPS) is 17.4. The number of methoxy groups -OCH3 is 1. The molecule has 2 atom stereocenters. The summed E-state index contributed by atoms with van der Waals surface area (Å²) in [6, 6.07) is 2.05. The van der Waals surface area contributed by atoms with Crippen molar-refractivity contribution in [1.29, 1.82) is 0 Å². The van der Waals surface area contributed by atoms with Crippen LogP contribution in [0.15, 0.2) is 11.4 Å². The first-order valence-electron chi connectivity index (χ1n) is 5.26. The highest BCUT2D eigenvalue weighted by Gasteiger charge is 2.32. The number of thiophene rings is 1. The number of hydrogen-bond acceptors (Lipinski definition) is 3. The highest BCUT2D eigenvalue weighted by atomic mass is 32.1. The number of rotatable bonds is 5. The quantitative estimate of drug-likeness (QED) is 0.839. The van der Waals surface area contributed by atoms with Crippen molar-refractivity contribution in [2.75, 3.05) is 13.7 Å². The van der Waals surface area contributed by atoms with Gasteiger partial charge in [0.2, 0.25) is 0 Å². The SMILES string of the molecule is COCCC(C)C(C)(O)c1sccc1C. The second-order valence-electron chi connectivity index (χ2n) is 4.26. The Hall–Kier alpha value is -0.380. The van der Waals surface area contributed by atoms with E-state index in [9.17, 15) is 5.11 Å². The van der Waals surface area contributed by atoms with Crippen LogP contribution < -0.4 is 0 Å². The van der Waals surface area contributed by atoms with Crippen molar-refractivity contribution in [2.45, 2.75) is 32.8 Å². The zero-order valence-corrected chi connectivity index (χ0v) is 10.7. The molecule has 0 aromatic carbocycles. The lowest BCUT2D eigenvalue weighted by Crippen LogP contribution is -2.30. The first kappa shape index (κ1) is 12.7. The van der Waals surface area contributed by atoms with Gasteiger partial charge in [0.05, 0.1) is 5.60 Å². The minimum absolute atomic E-state index is 0.204. The van der Waals surface area contributed by atoms with E-state index in [1.54, 1.807) is 18.4 Å². The molecule has 1 N–H and O–H groups in total. The smallest absolute Gasteiger partial charge is 0.0988 e. The van der Waals surface area contributed by atoms with E-state index in [0.717, 1.165) is 11.3 Å². The maximum absolute atomic E-state index is 10.5. The highest BCUT2D eigenvalue weighted by Crippen LogP contribution is 2.36. The van der Waals surface area contributed by atoms with Crippen molar-refractivity contribution in [1.82, 2.24) is 0 Å². The molecule has 3 heteroatoms. The lowest BCUT2D eigenvalue weighted by molar-refractivity contribution is -0.00791. The molecule has 1 heterocycles. The average molecular weight is 228 g/mol. The van der Waals surface area contributed by atoms with Crippen LogP contribution in [0.2, 0.25) is 0 Å². The fourth-order valence-electron chi connectivity index (χ4n) is 1.69. The molecule has 0 amide bonds. The van der Waals surface area contributed by atoms with Crippen LogP contribution in [-0.4, -0.2) is 18.8 Å². The zero-order chi connectivity index (χ0) is 11.5. The molecule has 0 saturated carbocycles. The lowest BCUT2D eigenvalue weighted by Gasteiger charge is -2.30. The Morgan fingerprint density at radius 1 is 1.60 bits per heavy atom. The summed E-state index contributed by atoms with van der Waals surface area (Å²) in [6.45, 7) is 6.70. The predicted molar refractivity (Wildman–Crippen MR) is 64.3 cm³/mol. The van der Waals surface area contributed by atoms with Crippen LogP contribution >= 0.6 is 11.3 Å². The Morgan fingerprint density at radius 2 is 2.27 bits per heavy atom. The summed E-state index contributed by atoms with van der Waals surface area (Å²) in [5, 5.41) is 12.5. The van der Waals surface area contributed by atoms with Gasteiger partial charge in [-0.3, -0.25) is 0 Å². The highest BCUT2D eigenvalue weighted by molar-refractivity contribution is 7.10. The molecule has 0 radical (unpaired) electrons. The minimum atomic E-state index is -0.739. The van der Waals surface area contributed by atoms with Gasteiger partial charge in [-0.05, 0) is 43.2 Å². The molecule has 2 unspecified atom stereocenters. The molecular weight excluding hydrogens is 208 g/mol. The van der Waals surface area contributed by atoms with Crippen LogP contribution in [0.5, 0.6) is 0 Å². The Bertz CT molecular complexity index is 304. The molecule has 1 rings (SSSR count). The monoisotopic (exact) mass is 228 g/mol. The zero-order valence-electron chi connectivity index (χ0n) is 9.91. The van der Waals surface area contributed by atoms with E-state index < -0.39 is 5.60 Å². The Morgan fingerprint density at radius 3 is 2.73 bits per heavy atom. The summed E-state index contributed by atoms with van der Waals surface area (Å²) in [5.41, 5.74) is 0.436. The third kappa shape index (κ3) is 2.80. The van der Waals surface area contributed by atoms with Crippen LogP contribution in [0.3, 0.4) is 0 Å². The summed E-state index contributed by atoms with van der Waals surface area (Å²) >= 11 is 1.63. The van der Waals surface area contributed by atoms with Crippen LogP contribution in [0.1, 0.15) is 30.7 Å². The largest absolute Gasteiger partial charge is 0.385 e. The lowest BCUT2D eigenvalue weighted by atomic mass is 9.85. The molecular formula is C12H20O2S. The predicted octanol–water partition coefficient (Wildman–Crippen LogP) is 2.94. The Balaban J connectivity index is 2.78. The van der Waals surface area contributed by atoms with Gasteiger partial charge in [0.1, 0.15) is 0 Å². The van der Waals surface area contributed by atoms with Crippen LogP contribution in [0.4, 0.5) is 0 Å². The summed E-state index contributed by atoms with van der Waals surface area (Å²) in [5.74, 6) is 0.204. The van der Waals surface area contributed by atoms with Gasteiger partial charge in [-0.15, -0.1) is 11.3 Å². The van der Waals surface area contributed by atoms with Crippen molar-refractivity contribution in [3.8, 4) is 0 Å². The molecule has 0 fully saturated rings. The number of aryl methyl sites for hydroxylation is 1. The molecule has 15 heavy (non-hydrogen) atoms. The maximum atomic E-state index is 10.5. The first-order valence-corrected chi connectivity index (χ1v) is 6.14. The minimum Gasteiger partial charge on any atom is -0.385 e. The summed E-state index contributed by atoms with van der Waals surface area (Å²) in [7, 11) is 1.69. The van der Waals surface area contributed by atoms with Gasteiger partial charge in [-0.25, -0.2) is 0 Å². The van der Waals surface area contributed by atoms with E-state index in [2.05, 4.69) is 13.0 Å². The molecule has 1 aromatic heterocycles. The molecule has 0 bridgehead atoms. The van der Waals surface area contributed by atoms with Crippen molar-refractivity contribution < 1.29 is 9.84 Å². The molecule has 86 valence electrons. The summed E-state index contributed by atoms with van der Waals surface area (Å²) in [6.07, 6.45) is 0.876. The van der Waals surface area contributed by atoms with Gasteiger partial charge in [0.15, 0.2) is 0 Å². The van der Waals surface area contributed by atoms with Gasteiger partial charge >= 0.3 is 0 Å². The Kier molecular flexibility index (Phi) is 4.32. The third-order valence-electron chi connectivity index (χ3n) is 3.04. The van der Waals surface area contributed by atoms with Crippen molar-refractivity contribution in [3.05, 3.63) is 21.9 Å². The topological polar surface area (TPSA) is 29.5 Å². The molecule has 0 spiro atoms. The van der Waals surface area contributed by atoms with Crippen molar-refractivity contribution in [2.24, 2.45) is 5.92 Å². The fraction of sp³-hybridized carbons (Fsp3) is 0.667. The maximum Gasteiger partial charge on any atom is 0.0988 e. The second-order valence-corrected chi connectivity index (χ2v) is 5.18. The Labute approximate surface area is 95.9 Å². The van der Waals surface area contributed by atoms with Crippen molar-refractivity contribution >= 4 is 11.3 Å². The number of hydrogen-bond donors (Lipinski definition) is 1. The van der Waals surface area contributed by atoms with Crippen LogP contribution in [0.25, 0.3) is 0 Å². The van der Waals surface area contributed by atoms with E-state index in [0.29, 0.717) is 6.61 Å². The van der Waals surface area contributed by atoms with Crippen molar-refractivity contribution in [3.63, 3.8) is 0 Å². The second kappa shape index (κ2) is 5.10. The average Bonchev–Trinajstić information content (AvgIpc) is 2.61. The van der Waals surface area contributed by atoms with E-state index in [4.69, 9.17) is 4.74 Å². The number of ether oxygens (including phenoxy) is 1. The van der Waals surface area contributed by atoms with Gasteiger partial charge in [0, 0.05) is 18.6 Å². The van der Waals surface area contributed by atoms with Gasteiger partial charge in [-0.1, -0.05) is 6.92 Å². The van der Waals surface area contributed by atoms with E-state index in [1.807, 2.05) is 19.2 Å². The van der Waals surface area contributed by atoms with Gasteiger partial charge < -0.3 is 9.84 Å². The molecule has 0 aliphatic carbocycles. The van der Waals surface area contributed by atoms with E-state index in [-0.39, 0.29) is 5.92 Å². The molecule has 0 aliphatic heterocycles.